The molecule has 5 heteroatoms. The molecule has 2 aromatic rings. The molecular formula is C21H27ClN2O2. The number of hydrogen-bond donors (Lipinski definition) is 2. The van der Waals surface area contributed by atoms with Crippen LogP contribution in [0.25, 0.3) is 11.1 Å². The molecule has 0 spiro atoms. The van der Waals surface area contributed by atoms with Crippen LogP contribution in [0.4, 0.5) is 0 Å². The Balaban J connectivity index is 0.00000243. The average Bonchev–Trinajstić information content (AvgIpc) is 3.16. The molecule has 2 unspecified atom stereocenters. The SMILES string of the molecule is CC(Oc1ccc(-c2ccccc2)cc1)C(=O)NCCC1CCNC1.Cl. The smallest absolute Gasteiger partial charge is 0.260 e. The van der Waals surface area contributed by atoms with Crippen molar-refractivity contribution in [1.82, 2.24) is 10.6 Å². The van der Waals surface area contributed by atoms with Crippen LogP contribution in [-0.4, -0.2) is 31.6 Å². The molecule has 140 valence electrons. The van der Waals surface area contributed by atoms with Crippen molar-refractivity contribution in [2.24, 2.45) is 5.92 Å². The summed E-state index contributed by atoms with van der Waals surface area (Å²) in [5, 5.41) is 6.32. The Hall–Kier alpha value is -2.04. The van der Waals surface area contributed by atoms with Crippen molar-refractivity contribution in [2.75, 3.05) is 19.6 Å². The topological polar surface area (TPSA) is 50.4 Å². The molecule has 1 fully saturated rings. The van der Waals surface area contributed by atoms with Gasteiger partial charge in [0.15, 0.2) is 6.10 Å². The predicted molar refractivity (Wildman–Crippen MR) is 108 cm³/mol. The second kappa shape index (κ2) is 10.2. The molecule has 0 saturated carbocycles. The third kappa shape index (κ3) is 5.75. The normalized spacial score (nSPS) is 17.2. The summed E-state index contributed by atoms with van der Waals surface area (Å²) in [5.41, 5.74) is 2.30. The lowest BCUT2D eigenvalue weighted by Gasteiger charge is -2.16. The number of nitrogens with one attached hydrogen (secondary N) is 2. The maximum absolute atomic E-state index is 12.2. The molecule has 0 radical (unpaired) electrons. The predicted octanol–water partition coefficient (Wildman–Crippen LogP) is 3.66. The number of rotatable bonds is 7. The minimum atomic E-state index is -0.496. The van der Waals surface area contributed by atoms with Gasteiger partial charge in [-0.15, -0.1) is 12.4 Å². The lowest BCUT2D eigenvalue weighted by atomic mass is 10.1. The molecule has 2 atom stereocenters. The number of hydrogen-bond acceptors (Lipinski definition) is 3. The number of benzene rings is 2. The van der Waals surface area contributed by atoms with Gasteiger partial charge in [-0.3, -0.25) is 4.79 Å². The molecule has 1 amide bonds. The molecule has 1 heterocycles. The number of carbonyl (C=O) groups excluding carboxylic acids is 1. The van der Waals surface area contributed by atoms with Gasteiger partial charge >= 0.3 is 0 Å². The lowest BCUT2D eigenvalue weighted by Crippen LogP contribution is -2.37. The average molecular weight is 375 g/mol. The number of ether oxygens (including phenoxy) is 1. The first-order chi connectivity index (χ1) is 12.2. The zero-order valence-electron chi connectivity index (χ0n) is 15.1. The van der Waals surface area contributed by atoms with Gasteiger partial charge in [-0.05, 0) is 62.0 Å². The van der Waals surface area contributed by atoms with E-state index in [4.69, 9.17) is 4.74 Å². The van der Waals surface area contributed by atoms with Gasteiger partial charge in [0.1, 0.15) is 5.75 Å². The van der Waals surface area contributed by atoms with E-state index >= 15 is 0 Å². The fourth-order valence-corrected chi connectivity index (χ4v) is 3.12. The first-order valence-electron chi connectivity index (χ1n) is 9.03. The highest BCUT2D eigenvalue weighted by molar-refractivity contribution is 5.85. The molecule has 1 saturated heterocycles. The molecule has 3 rings (SSSR count). The van der Waals surface area contributed by atoms with Crippen LogP contribution < -0.4 is 15.4 Å². The lowest BCUT2D eigenvalue weighted by molar-refractivity contribution is -0.127. The zero-order valence-corrected chi connectivity index (χ0v) is 15.9. The van der Waals surface area contributed by atoms with Crippen LogP contribution in [0.5, 0.6) is 5.75 Å². The van der Waals surface area contributed by atoms with E-state index in [9.17, 15) is 4.79 Å². The first kappa shape index (κ1) is 20.3. The fraction of sp³-hybridized carbons (Fsp3) is 0.381. The van der Waals surface area contributed by atoms with E-state index in [0.717, 1.165) is 25.1 Å². The van der Waals surface area contributed by atoms with E-state index in [2.05, 4.69) is 22.8 Å². The van der Waals surface area contributed by atoms with Crippen molar-refractivity contribution < 1.29 is 9.53 Å². The number of halogens is 1. The minimum Gasteiger partial charge on any atom is -0.481 e. The maximum atomic E-state index is 12.2. The highest BCUT2D eigenvalue weighted by atomic mass is 35.5. The summed E-state index contributed by atoms with van der Waals surface area (Å²) in [6.45, 7) is 4.66. The molecule has 1 aliphatic heterocycles. The van der Waals surface area contributed by atoms with Crippen molar-refractivity contribution >= 4 is 18.3 Å². The van der Waals surface area contributed by atoms with E-state index < -0.39 is 6.10 Å². The Labute approximate surface area is 161 Å². The Morgan fingerprint density at radius 2 is 1.85 bits per heavy atom. The van der Waals surface area contributed by atoms with Crippen molar-refractivity contribution in [2.45, 2.75) is 25.9 Å². The van der Waals surface area contributed by atoms with Gasteiger partial charge in [0.25, 0.3) is 5.91 Å². The van der Waals surface area contributed by atoms with Gasteiger partial charge in [-0.2, -0.15) is 0 Å². The monoisotopic (exact) mass is 374 g/mol. The van der Waals surface area contributed by atoms with Crippen molar-refractivity contribution in [3.8, 4) is 16.9 Å². The zero-order chi connectivity index (χ0) is 17.5. The Bertz CT molecular complexity index is 670. The Morgan fingerprint density at radius 3 is 2.50 bits per heavy atom. The van der Waals surface area contributed by atoms with Crippen LogP contribution in [0.15, 0.2) is 54.6 Å². The van der Waals surface area contributed by atoms with Gasteiger partial charge in [0.05, 0.1) is 0 Å². The second-order valence-electron chi connectivity index (χ2n) is 6.59. The number of amides is 1. The third-order valence-electron chi connectivity index (χ3n) is 4.66. The van der Waals surface area contributed by atoms with E-state index in [0.29, 0.717) is 18.2 Å². The first-order valence-corrected chi connectivity index (χ1v) is 9.03. The fourth-order valence-electron chi connectivity index (χ4n) is 3.12. The van der Waals surface area contributed by atoms with Crippen LogP contribution >= 0.6 is 12.4 Å². The molecule has 4 nitrogen and oxygen atoms in total. The molecule has 0 bridgehead atoms. The van der Waals surface area contributed by atoms with E-state index in [-0.39, 0.29) is 18.3 Å². The van der Waals surface area contributed by atoms with Crippen LogP contribution in [0.1, 0.15) is 19.8 Å². The van der Waals surface area contributed by atoms with Crippen LogP contribution in [0.3, 0.4) is 0 Å². The summed E-state index contributed by atoms with van der Waals surface area (Å²) in [6.07, 6.45) is 1.73. The summed E-state index contributed by atoms with van der Waals surface area (Å²) >= 11 is 0. The van der Waals surface area contributed by atoms with E-state index in [1.165, 1.54) is 12.0 Å². The van der Waals surface area contributed by atoms with Crippen LogP contribution in [-0.2, 0) is 4.79 Å². The summed E-state index contributed by atoms with van der Waals surface area (Å²) in [4.78, 5) is 12.2. The summed E-state index contributed by atoms with van der Waals surface area (Å²) in [6, 6.07) is 18.1. The maximum Gasteiger partial charge on any atom is 0.260 e. The highest BCUT2D eigenvalue weighted by Crippen LogP contribution is 2.22. The van der Waals surface area contributed by atoms with Crippen molar-refractivity contribution in [3.63, 3.8) is 0 Å². The van der Waals surface area contributed by atoms with Crippen LogP contribution in [0, 0.1) is 5.92 Å². The molecule has 0 aromatic heterocycles. The molecular weight excluding hydrogens is 348 g/mol. The standard InChI is InChI=1S/C21H26N2O2.ClH/c1-16(21(24)23-14-12-17-11-13-22-15-17)25-20-9-7-19(8-10-20)18-5-3-2-4-6-18;/h2-10,16-17,22H,11-15H2,1H3,(H,23,24);1H. The molecule has 0 aliphatic carbocycles. The molecule has 2 aromatic carbocycles. The van der Waals surface area contributed by atoms with E-state index in [1.807, 2.05) is 42.5 Å². The summed E-state index contributed by atoms with van der Waals surface area (Å²) in [5.74, 6) is 1.34. The van der Waals surface area contributed by atoms with Gasteiger partial charge in [0, 0.05) is 6.54 Å². The van der Waals surface area contributed by atoms with Crippen molar-refractivity contribution in [3.05, 3.63) is 54.6 Å². The van der Waals surface area contributed by atoms with Gasteiger partial charge < -0.3 is 15.4 Å². The molecule has 1 aliphatic rings. The summed E-state index contributed by atoms with van der Waals surface area (Å²) in [7, 11) is 0. The van der Waals surface area contributed by atoms with Crippen molar-refractivity contribution in [1.29, 1.82) is 0 Å². The highest BCUT2D eigenvalue weighted by Gasteiger charge is 2.17. The molecule has 2 N–H and O–H groups in total. The van der Waals surface area contributed by atoms with Crippen LogP contribution in [0.2, 0.25) is 0 Å². The quantitative estimate of drug-likeness (QED) is 0.777. The third-order valence-corrected chi connectivity index (χ3v) is 4.66. The second-order valence-corrected chi connectivity index (χ2v) is 6.59. The summed E-state index contributed by atoms with van der Waals surface area (Å²) < 4.78 is 5.77. The van der Waals surface area contributed by atoms with Gasteiger partial charge in [-0.25, -0.2) is 0 Å². The molecule has 26 heavy (non-hydrogen) atoms. The largest absolute Gasteiger partial charge is 0.481 e. The van der Waals surface area contributed by atoms with E-state index in [1.54, 1.807) is 6.92 Å². The van der Waals surface area contributed by atoms with Gasteiger partial charge in [0.2, 0.25) is 0 Å². The minimum absolute atomic E-state index is 0. The number of carbonyl (C=O) groups is 1. The Morgan fingerprint density at radius 1 is 1.15 bits per heavy atom. The van der Waals surface area contributed by atoms with Gasteiger partial charge in [-0.1, -0.05) is 42.5 Å². The Kier molecular flexibility index (Phi) is 7.95.